The topological polar surface area (TPSA) is 104 Å². The number of hydrogen-bond acceptors (Lipinski definition) is 6. The van der Waals surface area contributed by atoms with Crippen LogP contribution in [0.1, 0.15) is 59.3 Å². The Morgan fingerprint density at radius 3 is 2.07 bits per heavy atom. The lowest BCUT2D eigenvalue weighted by molar-refractivity contribution is -0.149. The summed E-state index contributed by atoms with van der Waals surface area (Å²) in [6, 6.07) is -0.555. The zero-order valence-electron chi connectivity index (χ0n) is 18.9. The van der Waals surface area contributed by atoms with Crippen molar-refractivity contribution < 1.29 is 25.2 Å². The maximum atomic E-state index is 13.0. The second kappa shape index (κ2) is 9.82. The van der Waals surface area contributed by atoms with Crippen LogP contribution in [0.2, 0.25) is 0 Å². The molecule has 1 aliphatic carbocycles. The minimum Gasteiger partial charge on any atom is -0.395 e. The first kappa shape index (κ1) is 23.9. The van der Waals surface area contributed by atoms with Gasteiger partial charge in [0.15, 0.2) is 0 Å². The van der Waals surface area contributed by atoms with E-state index in [1.165, 1.54) is 0 Å². The number of carbonyl (C=O) groups is 1. The first-order valence-electron chi connectivity index (χ1n) is 11.8. The zero-order chi connectivity index (χ0) is 22.1. The van der Waals surface area contributed by atoms with Crippen molar-refractivity contribution in [2.45, 2.75) is 83.6 Å². The van der Waals surface area contributed by atoms with Gasteiger partial charge in [0.05, 0.1) is 18.8 Å². The Labute approximate surface area is 181 Å². The lowest BCUT2D eigenvalue weighted by Gasteiger charge is -2.45. The number of rotatable bonds is 4. The minimum absolute atomic E-state index is 0.174. The first-order valence-corrected chi connectivity index (χ1v) is 11.8. The van der Waals surface area contributed by atoms with E-state index in [1.54, 1.807) is 0 Å². The third kappa shape index (κ3) is 5.36. The molecule has 0 aromatic carbocycles. The van der Waals surface area contributed by atoms with E-state index in [9.17, 15) is 25.2 Å². The second-order valence-corrected chi connectivity index (χ2v) is 10.9. The van der Waals surface area contributed by atoms with Crippen molar-refractivity contribution in [3.05, 3.63) is 0 Å². The molecular weight excluding hydrogens is 384 g/mol. The first-order chi connectivity index (χ1) is 14.1. The van der Waals surface area contributed by atoms with Crippen LogP contribution in [0.5, 0.6) is 0 Å². The number of carbonyl (C=O) groups excluding carboxylic acids is 1. The fourth-order valence-electron chi connectivity index (χ4n) is 5.72. The summed E-state index contributed by atoms with van der Waals surface area (Å²) in [7, 11) is 0. The third-order valence-corrected chi connectivity index (χ3v) is 7.94. The molecule has 3 fully saturated rings. The maximum absolute atomic E-state index is 13.0. The fraction of sp³-hybridized carbons (Fsp3) is 0.957. The van der Waals surface area contributed by atoms with Crippen molar-refractivity contribution in [1.82, 2.24) is 9.80 Å². The Morgan fingerprint density at radius 2 is 1.53 bits per heavy atom. The fourth-order valence-corrected chi connectivity index (χ4v) is 5.72. The van der Waals surface area contributed by atoms with Crippen molar-refractivity contribution in [1.29, 1.82) is 0 Å². The van der Waals surface area contributed by atoms with Gasteiger partial charge in [-0.25, -0.2) is 0 Å². The molecule has 0 aromatic rings. The van der Waals surface area contributed by atoms with E-state index in [-0.39, 0.29) is 19.1 Å². The maximum Gasteiger partial charge on any atom is 0.225 e. The summed E-state index contributed by atoms with van der Waals surface area (Å²) < 4.78 is 0. The quantitative estimate of drug-likeness (QED) is 0.531. The van der Waals surface area contributed by atoms with Gasteiger partial charge in [0.2, 0.25) is 5.91 Å². The van der Waals surface area contributed by atoms with E-state index in [4.69, 9.17) is 0 Å². The van der Waals surface area contributed by atoms with E-state index in [2.05, 4.69) is 20.8 Å². The summed E-state index contributed by atoms with van der Waals surface area (Å²) in [4.78, 5) is 16.9. The number of aliphatic hydroxyl groups is 4. The number of aliphatic hydroxyl groups excluding tert-OH is 4. The number of hydrogen-bond donors (Lipinski definition) is 4. The molecule has 3 aliphatic rings. The summed E-state index contributed by atoms with van der Waals surface area (Å²) in [5, 5.41) is 39.7. The van der Waals surface area contributed by atoms with Crippen LogP contribution in [0.25, 0.3) is 0 Å². The van der Waals surface area contributed by atoms with Gasteiger partial charge in [0.1, 0.15) is 12.2 Å². The molecule has 7 heteroatoms. The van der Waals surface area contributed by atoms with Crippen molar-refractivity contribution in [3.8, 4) is 0 Å². The van der Waals surface area contributed by atoms with Gasteiger partial charge in [0.25, 0.3) is 0 Å². The summed E-state index contributed by atoms with van der Waals surface area (Å²) in [6.45, 7) is 9.07. The van der Waals surface area contributed by atoms with Crippen molar-refractivity contribution in [2.24, 2.45) is 23.2 Å². The van der Waals surface area contributed by atoms with Crippen LogP contribution in [0, 0.1) is 23.2 Å². The molecular formula is C23H42N2O5. The Kier molecular flexibility index (Phi) is 7.83. The standard InChI is InChI=1S/C23H42N2O5/c1-23(2,3)17-6-4-16(5-7-17)22(30)24-10-8-15(9-11-24)12-25-13-19(27)21(29)20(28)18(25)14-26/h15-21,26-29H,4-14H2,1-3H3/t16?,17?,18-,19-,20+,21+/m0/s1. The van der Waals surface area contributed by atoms with E-state index in [0.717, 1.165) is 51.6 Å². The Morgan fingerprint density at radius 1 is 0.933 bits per heavy atom. The number of β-amino-alcohol motifs (C(OH)–C–C–N with tert-alkyl or cyclic N) is 1. The molecule has 4 N–H and O–H groups in total. The number of piperidine rings is 2. The summed E-state index contributed by atoms with van der Waals surface area (Å²) in [6.07, 6.45) is 2.71. The summed E-state index contributed by atoms with van der Waals surface area (Å²) >= 11 is 0. The predicted molar refractivity (Wildman–Crippen MR) is 115 cm³/mol. The molecule has 0 radical (unpaired) electrons. The Hall–Kier alpha value is -0.730. The molecule has 3 rings (SSSR count). The van der Waals surface area contributed by atoms with Gasteiger partial charge in [-0.1, -0.05) is 20.8 Å². The van der Waals surface area contributed by atoms with E-state index in [0.29, 0.717) is 29.7 Å². The molecule has 174 valence electrons. The van der Waals surface area contributed by atoms with Gasteiger partial charge in [-0.05, 0) is 55.8 Å². The molecule has 4 atom stereocenters. The molecule has 2 aliphatic heterocycles. The highest BCUT2D eigenvalue weighted by atomic mass is 16.4. The van der Waals surface area contributed by atoms with Crippen LogP contribution in [0.4, 0.5) is 0 Å². The van der Waals surface area contributed by atoms with Gasteiger partial charge in [-0.3, -0.25) is 9.69 Å². The molecule has 0 unspecified atom stereocenters. The number of amides is 1. The molecule has 0 aromatic heterocycles. The Balaban J connectivity index is 1.46. The van der Waals surface area contributed by atoms with Gasteiger partial charge in [-0.2, -0.15) is 0 Å². The lowest BCUT2D eigenvalue weighted by Crippen LogP contribution is -2.63. The average molecular weight is 427 g/mol. The van der Waals surface area contributed by atoms with Gasteiger partial charge in [0, 0.05) is 32.1 Å². The highest BCUT2D eigenvalue weighted by molar-refractivity contribution is 5.79. The smallest absolute Gasteiger partial charge is 0.225 e. The highest BCUT2D eigenvalue weighted by Gasteiger charge is 2.42. The molecule has 7 nitrogen and oxygen atoms in total. The molecule has 30 heavy (non-hydrogen) atoms. The second-order valence-electron chi connectivity index (χ2n) is 10.9. The minimum atomic E-state index is -1.22. The molecule has 0 spiro atoms. The molecule has 1 saturated carbocycles. The zero-order valence-corrected chi connectivity index (χ0v) is 18.9. The monoisotopic (exact) mass is 426 g/mol. The third-order valence-electron chi connectivity index (χ3n) is 7.94. The highest BCUT2D eigenvalue weighted by Crippen LogP contribution is 2.40. The average Bonchev–Trinajstić information content (AvgIpc) is 2.72. The molecule has 0 bridgehead atoms. The van der Waals surface area contributed by atoms with Crippen molar-refractivity contribution in [2.75, 3.05) is 32.8 Å². The SMILES string of the molecule is CC(C)(C)C1CCC(C(=O)N2CCC(CN3C[C@H](O)[C@@H](O)[C@H](O)[C@@H]3CO)CC2)CC1. The lowest BCUT2D eigenvalue weighted by atomic mass is 9.69. The van der Waals surface area contributed by atoms with Gasteiger partial charge in [-0.15, -0.1) is 0 Å². The van der Waals surface area contributed by atoms with E-state index in [1.807, 2.05) is 9.80 Å². The molecule has 2 heterocycles. The number of likely N-dealkylation sites (tertiary alicyclic amines) is 2. The number of nitrogens with zero attached hydrogens (tertiary/aromatic N) is 2. The van der Waals surface area contributed by atoms with Crippen LogP contribution in [0.15, 0.2) is 0 Å². The van der Waals surface area contributed by atoms with E-state index < -0.39 is 24.4 Å². The van der Waals surface area contributed by atoms with Crippen LogP contribution in [-0.2, 0) is 4.79 Å². The van der Waals surface area contributed by atoms with E-state index >= 15 is 0 Å². The van der Waals surface area contributed by atoms with Gasteiger partial charge < -0.3 is 25.3 Å². The molecule has 1 amide bonds. The van der Waals surface area contributed by atoms with Crippen LogP contribution in [-0.4, -0.2) is 93.3 Å². The van der Waals surface area contributed by atoms with Crippen molar-refractivity contribution in [3.63, 3.8) is 0 Å². The predicted octanol–water partition coefficient (Wildman–Crippen LogP) is 0.837. The Bertz CT molecular complexity index is 564. The van der Waals surface area contributed by atoms with Crippen molar-refractivity contribution >= 4 is 5.91 Å². The van der Waals surface area contributed by atoms with Crippen LogP contribution in [0.3, 0.4) is 0 Å². The van der Waals surface area contributed by atoms with Gasteiger partial charge >= 0.3 is 0 Å². The van der Waals surface area contributed by atoms with Crippen LogP contribution >= 0.6 is 0 Å². The summed E-state index contributed by atoms with van der Waals surface area (Å²) in [5.74, 6) is 1.56. The molecule has 2 saturated heterocycles. The normalized spacial score (nSPS) is 37.4. The summed E-state index contributed by atoms with van der Waals surface area (Å²) in [5.41, 5.74) is 0.324. The largest absolute Gasteiger partial charge is 0.395 e. The van der Waals surface area contributed by atoms with Crippen LogP contribution < -0.4 is 0 Å².